The van der Waals surface area contributed by atoms with Gasteiger partial charge in [0.25, 0.3) is 5.24 Å². The molecular formula is C19H23N3O2S2. The van der Waals surface area contributed by atoms with E-state index in [1.165, 1.54) is 11.1 Å². The van der Waals surface area contributed by atoms with Crippen molar-refractivity contribution in [3.63, 3.8) is 0 Å². The highest BCUT2D eigenvalue weighted by Crippen LogP contribution is 2.42. The highest BCUT2D eigenvalue weighted by molar-refractivity contribution is 8.19. The minimum absolute atomic E-state index is 0.175. The van der Waals surface area contributed by atoms with E-state index in [4.69, 9.17) is 22.4 Å². The van der Waals surface area contributed by atoms with Gasteiger partial charge in [0.15, 0.2) is 0 Å². The Hall–Kier alpha value is -1.86. The topological polar surface area (TPSA) is 74.2 Å². The molecule has 0 spiro atoms. The van der Waals surface area contributed by atoms with Gasteiger partial charge in [0, 0.05) is 5.56 Å². The normalized spacial score (nSPS) is 18.8. The molecule has 2 aliphatic rings. The van der Waals surface area contributed by atoms with Crippen LogP contribution in [0.5, 0.6) is 5.75 Å². The number of nitrogens with one attached hydrogen (secondary N) is 3. The predicted octanol–water partition coefficient (Wildman–Crippen LogP) is 4.37. The Labute approximate surface area is 163 Å². The third-order valence-corrected chi connectivity index (χ3v) is 5.74. The van der Waals surface area contributed by atoms with Gasteiger partial charge >= 0.3 is 0 Å². The highest BCUT2D eigenvalue weighted by atomic mass is 32.2. The smallest absolute Gasteiger partial charge is 0.289 e. The van der Waals surface area contributed by atoms with Crippen LogP contribution in [-0.4, -0.2) is 22.7 Å². The SMILES string of the molecule is CCCc1cc(OCC)c2c(c1CCC)C(=C1SC(=O)NC1=S)NC2=N. The summed E-state index contributed by atoms with van der Waals surface area (Å²) in [4.78, 5) is 12.9. The molecule has 26 heavy (non-hydrogen) atoms. The van der Waals surface area contributed by atoms with E-state index in [2.05, 4.69) is 30.5 Å². The Morgan fingerprint density at radius 3 is 2.46 bits per heavy atom. The first-order chi connectivity index (χ1) is 12.5. The molecule has 138 valence electrons. The molecule has 3 rings (SSSR count). The highest BCUT2D eigenvalue weighted by Gasteiger charge is 2.35. The molecule has 1 amide bonds. The van der Waals surface area contributed by atoms with Crippen LogP contribution in [0, 0.1) is 5.41 Å². The first-order valence-corrected chi connectivity index (χ1v) is 10.2. The number of rotatable bonds is 6. The minimum atomic E-state index is -0.175. The lowest BCUT2D eigenvalue weighted by molar-refractivity contribution is 0.265. The molecule has 0 radical (unpaired) electrons. The van der Waals surface area contributed by atoms with E-state index in [1.54, 1.807) is 0 Å². The first-order valence-electron chi connectivity index (χ1n) is 8.97. The number of hydrogen-bond acceptors (Lipinski definition) is 5. The average Bonchev–Trinajstić information content (AvgIpc) is 3.10. The molecule has 0 aromatic heterocycles. The van der Waals surface area contributed by atoms with E-state index in [9.17, 15) is 4.79 Å². The zero-order valence-corrected chi connectivity index (χ0v) is 16.9. The third kappa shape index (κ3) is 3.25. The van der Waals surface area contributed by atoms with E-state index in [0.717, 1.165) is 60.0 Å². The second-order valence-electron chi connectivity index (χ2n) is 6.24. The number of ether oxygens (including phenoxy) is 1. The summed E-state index contributed by atoms with van der Waals surface area (Å²) in [5.74, 6) is 1.03. The van der Waals surface area contributed by atoms with Gasteiger partial charge in [-0.15, -0.1) is 0 Å². The number of amides is 1. The fourth-order valence-corrected chi connectivity index (χ4v) is 4.59. The predicted molar refractivity (Wildman–Crippen MR) is 111 cm³/mol. The van der Waals surface area contributed by atoms with Gasteiger partial charge < -0.3 is 15.4 Å². The third-order valence-electron chi connectivity index (χ3n) is 4.40. The van der Waals surface area contributed by atoms with E-state index in [-0.39, 0.29) is 5.24 Å². The van der Waals surface area contributed by atoms with Crippen LogP contribution in [0.1, 0.15) is 55.9 Å². The van der Waals surface area contributed by atoms with Gasteiger partial charge in [-0.25, -0.2) is 0 Å². The average molecular weight is 390 g/mol. The molecule has 3 N–H and O–H groups in total. The number of thioether (sulfide) groups is 1. The summed E-state index contributed by atoms with van der Waals surface area (Å²) in [7, 11) is 0. The van der Waals surface area contributed by atoms with Gasteiger partial charge in [0.1, 0.15) is 16.6 Å². The fraction of sp³-hybridized carbons (Fsp3) is 0.421. The molecule has 5 nitrogen and oxygen atoms in total. The van der Waals surface area contributed by atoms with Crippen LogP contribution in [0.4, 0.5) is 4.79 Å². The lowest BCUT2D eigenvalue weighted by Crippen LogP contribution is -2.19. The number of hydrogen-bond donors (Lipinski definition) is 3. The van der Waals surface area contributed by atoms with E-state index in [0.29, 0.717) is 22.3 Å². The van der Waals surface area contributed by atoms with Crippen molar-refractivity contribution < 1.29 is 9.53 Å². The van der Waals surface area contributed by atoms with Crippen LogP contribution in [0.15, 0.2) is 11.0 Å². The summed E-state index contributed by atoms with van der Waals surface area (Å²) in [6, 6.07) is 2.09. The lowest BCUT2D eigenvalue weighted by atomic mass is 9.90. The molecule has 1 fully saturated rings. The van der Waals surface area contributed by atoms with Gasteiger partial charge in [-0.05, 0) is 48.7 Å². The summed E-state index contributed by atoms with van der Waals surface area (Å²) in [6.45, 7) is 6.80. The van der Waals surface area contributed by atoms with Crippen molar-refractivity contribution in [2.24, 2.45) is 0 Å². The molecule has 2 heterocycles. The number of carbonyl (C=O) groups is 1. The van der Waals surface area contributed by atoms with Crippen LogP contribution >= 0.6 is 24.0 Å². The molecule has 1 aromatic carbocycles. The zero-order chi connectivity index (χ0) is 18.8. The number of thiocarbonyl (C=S) groups is 1. The summed E-state index contributed by atoms with van der Waals surface area (Å²) >= 11 is 6.44. The Bertz CT molecular complexity index is 831. The molecule has 0 saturated carbocycles. The molecule has 0 aliphatic carbocycles. The number of benzene rings is 1. The van der Waals surface area contributed by atoms with Crippen molar-refractivity contribution in [1.29, 1.82) is 5.41 Å². The molecule has 1 aromatic rings. The van der Waals surface area contributed by atoms with Crippen LogP contribution < -0.4 is 15.4 Å². The first kappa shape index (κ1) is 18.9. The number of aryl methyl sites for hydroxylation is 1. The maximum Gasteiger partial charge on any atom is 0.289 e. The molecule has 7 heteroatoms. The van der Waals surface area contributed by atoms with Crippen LogP contribution in [0.2, 0.25) is 0 Å². The van der Waals surface area contributed by atoms with Crippen LogP contribution in [-0.2, 0) is 12.8 Å². The minimum Gasteiger partial charge on any atom is -0.493 e. The standard InChI is InChI=1S/C19H23N3O2S2/c1-4-7-10-9-12(24-6-3)14-13(11(10)8-5-2)15(21-17(14)20)16-18(25)22-19(23)26-16/h9H,4-8H2,1-3H3,(H2,20,21)(H,22,23,25). The van der Waals surface area contributed by atoms with Crippen molar-refractivity contribution in [1.82, 2.24) is 10.6 Å². The molecule has 0 bridgehead atoms. The van der Waals surface area contributed by atoms with Crippen molar-refractivity contribution in [3.8, 4) is 5.75 Å². The maximum atomic E-state index is 11.8. The van der Waals surface area contributed by atoms with Crippen molar-refractivity contribution in [3.05, 3.63) is 33.2 Å². The van der Waals surface area contributed by atoms with Gasteiger partial charge in [-0.3, -0.25) is 10.2 Å². The van der Waals surface area contributed by atoms with Gasteiger partial charge in [-0.2, -0.15) is 0 Å². The van der Waals surface area contributed by atoms with E-state index >= 15 is 0 Å². The van der Waals surface area contributed by atoms with Crippen molar-refractivity contribution in [2.75, 3.05) is 6.61 Å². The number of amidine groups is 1. The van der Waals surface area contributed by atoms with Crippen molar-refractivity contribution >= 4 is 45.7 Å². The number of fused-ring (bicyclic) bond motifs is 1. The van der Waals surface area contributed by atoms with Gasteiger partial charge in [0.2, 0.25) is 0 Å². The largest absolute Gasteiger partial charge is 0.493 e. The zero-order valence-electron chi connectivity index (χ0n) is 15.2. The Morgan fingerprint density at radius 1 is 1.15 bits per heavy atom. The summed E-state index contributed by atoms with van der Waals surface area (Å²) in [6.07, 6.45) is 3.90. The second-order valence-corrected chi connectivity index (χ2v) is 7.63. The van der Waals surface area contributed by atoms with Crippen LogP contribution in [0.3, 0.4) is 0 Å². The fourth-order valence-electron chi connectivity index (χ4n) is 3.47. The molecule has 0 unspecified atom stereocenters. The second kappa shape index (κ2) is 7.80. The monoisotopic (exact) mass is 389 g/mol. The molecule has 0 atom stereocenters. The quantitative estimate of drug-likeness (QED) is 0.498. The molecule has 2 aliphatic heterocycles. The molecule has 1 saturated heterocycles. The Morgan fingerprint density at radius 2 is 1.88 bits per heavy atom. The number of carbonyl (C=O) groups excluding carboxylic acids is 1. The van der Waals surface area contributed by atoms with E-state index in [1.807, 2.05) is 6.92 Å². The summed E-state index contributed by atoms with van der Waals surface area (Å²) < 4.78 is 5.87. The Kier molecular flexibility index (Phi) is 5.67. The molecular weight excluding hydrogens is 366 g/mol. The maximum absolute atomic E-state index is 11.8. The summed E-state index contributed by atoms with van der Waals surface area (Å²) in [5, 5.41) is 14.1. The van der Waals surface area contributed by atoms with E-state index < -0.39 is 0 Å². The Balaban J connectivity index is 2.31. The van der Waals surface area contributed by atoms with Crippen molar-refractivity contribution in [2.45, 2.75) is 46.5 Å². The van der Waals surface area contributed by atoms with Crippen LogP contribution in [0.25, 0.3) is 5.70 Å². The van der Waals surface area contributed by atoms with Gasteiger partial charge in [0.05, 0.1) is 22.8 Å². The lowest BCUT2D eigenvalue weighted by Gasteiger charge is -2.18. The summed E-state index contributed by atoms with van der Waals surface area (Å²) in [5.41, 5.74) is 5.00. The van der Waals surface area contributed by atoms with Gasteiger partial charge in [-0.1, -0.05) is 38.9 Å².